The number of aromatic hydroxyl groups is 3. The fourth-order valence-electron chi connectivity index (χ4n) is 2.03. The topological polar surface area (TPSA) is 60.7 Å². The summed E-state index contributed by atoms with van der Waals surface area (Å²) in [4.78, 5) is 0. The van der Waals surface area contributed by atoms with Gasteiger partial charge in [0, 0.05) is 11.1 Å². The van der Waals surface area contributed by atoms with Gasteiger partial charge in [0.2, 0.25) is 0 Å². The first kappa shape index (κ1) is 11.3. The lowest BCUT2D eigenvalue weighted by molar-refractivity contribution is 0.404. The lowest BCUT2D eigenvalue weighted by atomic mass is 9.96. The molecule has 0 saturated heterocycles. The van der Waals surface area contributed by atoms with Gasteiger partial charge < -0.3 is 15.3 Å². The molecule has 0 saturated carbocycles. The Morgan fingerprint density at radius 1 is 0.882 bits per heavy atom. The molecule has 3 nitrogen and oxygen atoms in total. The zero-order chi connectivity index (χ0) is 12.6. The third kappa shape index (κ3) is 1.91. The van der Waals surface area contributed by atoms with Crippen molar-refractivity contribution in [3.8, 4) is 28.4 Å². The Balaban J connectivity index is 2.73. The minimum absolute atomic E-state index is 0.100. The van der Waals surface area contributed by atoms with Crippen molar-refractivity contribution in [3.63, 3.8) is 0 Å². The summed E-state index contributed by atoms with van der Waals surface area (Å²) in [5.41, 5.74) is 2.77. The molecule has 0 fully saturated rings. The first-order chi connectivity index (χ1) is 8.00. The third-order valence-corrected chi connectivity index (χ3v) is 2.74. The van der Waals surface area contributed by atoms with Crippen molar-refractivity contribution in [3.05, 3.63) is 41.5 Å². The van der Waals surface area contributed by atoms with Gasteiger partial charge in [-0.2, -0.15) is 0 Å². The number of benzene rings is 2. The molecule has 17 heavy (non-hydrogen) atoms. The van der Waals surface area contributed by atoms with Crippen molar-refractivity contribution < 1.29 is 15.3 Å². The highest BCUT2D eigenvalue weighted by Gasteiger charge is 2.14. The van der Waals surface area contributed by atoms with Crippen LogP contribution >= 0.6 is 0 Å². The van der Waals surface area contributed by atoms with Gasteiger partial charge in [0.05, 0.1) is 0 Å². The van der Waals surface area contributed by atoms with E-state index in [1.165, 1.54) is 6.07 Å². The van der Waals surface area contributed by atoms with E-state index in [1.54, 1.807) is 18.2 Å². The molecule has 3 heteroatoms. The maximum Gasteiger partial charge on any atom is 0.165 e. The Hall–Kier alpha value is -2.16. The maximum atomic E-state index is 9.95. The summed E-state index contributed by atoms with van der Waals surface area (Å²) in [6, 6.07) is 8.24. The van der Waals surface area contributed by atoms with Crippen LogP contribution in [-0.4, -0.2) is 15.3 Å². The molecule has 0 heterocycles. The summed E-state index contributed by atoms with van der Waals surface area (Å²) >= 11 is 0. The monoisotopic (exact) mass is 230 g/mol. The standard InChI is InChI=1S/C14H14O3/c1-8-6-9(2)13(12(16)7-8)10-4-3-5-11(15)14(10)17/h3-7,15-17H,1-2H3. The molecule has 0 amide bonds. The summed E-state index contributed by atoms with van der Waals surface area (Å²) in [7, 11) is 0. The Morgan fingerprint density at radius 2 is 1.59 bits per heavy atom. The van der Waals surface area contributed by atoms with Crippen LogP contribution < -0.4 is 0 Å². The molecular formula is C14H14O3. The molecule has 2 aromatic rings. The van der Waals surface area contributed by atoms with E-state index in [4.69, 9.17) is 0 Å². The number of aryl methyl sites for hydroxylation is 2. The minimum atomic E-state index is -0.213. The summed E-state index contributed by atoms with van der Waals surface area (Å²) in [6.45, 7) is 3.74. The fourth-order valence-corrected chi connectivity index (χ4v) is 2.03. The van der Waals surface area contributed by atoms with Crippen LogP contribution in [0, 0.1) is 13.8 Å². The highest BCUT2D eigenvalue weighted by molar-refractivity contribution is 5.80. The van der Waals surface area contributed by atoms with Crippen LogP contribution in [0.2, 0.25) is 0 Å². The Kier molecular flexibility index (Phi) is 2.68. The van der Waals surface area contributed by atoms with E-state index in [0.29, 0.717) is 11.1 Å². The van der Waals surface area contributed by atoms with E-state index in [2.05, 4.69) is 0 Å². The number of rotatable bonds is 1. The van der Waals surface area contributed by atoms with E-state index in [-0.39, 0.29) is 17.2 Å². The van der Waals surface area contributed by atoms with Gasteiger partial charge in [0.15, 0.2) is 11.5 Å². The number of hydrogen-bond donors (Lipinski definition) is 3. The predicted molar refractivity (Wildman–Crippen MR) is 66.3 cm³/mol. The Labute approximate surface area is 99.6 Å². The van der Waals surface area contributed by atoms with Gasteiger partial charge in [-0.05, 0) is 37.1 Å². The van der Waals surface area contributed by atoms with Crippen LogP contribution in [0.5, 0.6) is 17.2 Å². The Morgan fingerprint density at radius 3 is 2.24 bits per heavy atom. The van der Waals surface area contributed by atoms with Crippen molar-refractivity contribution in [1.82, 2.24) is 0 Å². The summed E-state index contributed by atoms with van der Waals surface area (Å²) in [5, 5.41) is 29.2. The molecule has 3 N–H and O–H groups in total. The smallest absolute Gasteiger partial charge is 0.165 e. The average molecular weight is 230 g/mol. The average Bonchev–Trinajstić information content (AvgIpc) is 2.23. The van der Waals surface area contributed by atoms with Crippen LogP contribution in [0.15, 0.2) is 30.3 Å². The van der Waals surface area contributed by atoms with Gasteiger partial charge in [0.1, 0.15) is 5.75 Å². The molecule has 0 spiro atoms. The molecule has 0 aromatic heterocycles. The first-order valence-corrected chi connectivity index (χ1v) is 5.32. The number of hydrogen-bond acceptors (Lipinski definition) is 3. The summed E-state index contributed by atoms with van der Waals surface area (Å²) < 4.78 is 0. The van der Waals surface area contributed by atoms with E-state index in [9.17, 15) is 15.3 Å². The second-order valence-electron chi connectivity index (χ2n) is 4.15. The molecular weight excluding hydrogens is 216 g/mol. The first-order valence-electron chi connectivity index (χ1n) is 5.32. The largest absolute Gasteiger partial charge is 0.507 e. The molecule has 0 bridgehead atoms. The van der Waals surface area contributed by atoms with E-state index in [1.807, 2.05) is 19.9 Å². The number of phenols is 3. The van der Waals surface area contributed by atoms with Crippen molar-refractivity contribution in [1.29, 1.82) is 0 Å². The lowest BCUT2D eigenvalue weighted by Gasteiger charge is -2.12. The number of phenolic OH excluding ortho intramolecular Hbond substituents is 3. The summed E-state index contributed by atoms with van der Waals surface area (Å²) in [6.07, 6.45) is 0. The van der Waals surface area contributed by atoms with Crippen LogP contribution in [-0.2, 0) is 0 Å². The highest BCUT2D eigenvalue weighted by atomic mass is 16.3. The van der Waals surface area contributed by atoms with Gasteiger partial charge in [-0.3, -0.25) is 0 Å². The fraction of sp³-hybridized carbons (Fsp3) is 0.143. The van der Waals surface area contributed by atoms with E-state index in [0.717, 1.165) is 11.1 Å². The van der Waals surface area contributed by atoms with Crippen LogP contribution in [0.25, 0.3) is 11.1 Å². The lowest BCUT2D eigenvalue weighted by Crippen LogP contribution is -1.87. The molecule has 88 valence electrons. The van der Waals surface area contributed by atoms with Crippen molar-refractivity contribution in [2.45, 2.75) is 13.8 Å². The van der Waals surface area contributed by atoms with Gasteiger partial charge in [0.25, 0.3) is 0 Å². The van der Waals surface area contributed by atoms with Crippen LogP contribution in [0.3, 0.4) is 0 Å². The van der Waals surface area contributed by atoms with Gasteiger partial charge in [-0.1, -0.05) is 18.2 Å². The van der Waals surface area contributed by atoms with Crippen molar-refractivity contribution in [2.75, 3.05) is 0 Å². The molecule has 2 aromatic carbocycles. The van der Waals surface area contributed by atoms with Gasteiger partial charge in [-0.15, -0.1) is 0 Å². The van der Waals surface area contributed by atoms with Crippen molar-refractivity contribution >= 4 is 0 Å². The molecule has 0 aliphatic heterocycles. The molecule has 0 atom stereocenters. The van der Waals surface area contributed by atoms with E-state index >= 15 is 0 Å². The van der Waals surface area contributed by atoms with Crippen LogP contribution in [0.1, 0.15) is 11.1 Å². The minimum Gasteiger partial charge on any atom is -0.507 e. The molecule has 0 aliphatic carbocycles. The summed E-state index contributed by atoms with van der Waals surface area (Å²) in [5.74, 6) is -0.306. The molecule has 0 radical (unpaired) electrons. The Bertz CT molecular complexity index is 551. The normalized spacial score (nSPS) is 10.5. The second kappa shape index (κ2) is 4.01. The zero-order valence-corrected chi connectivity index (χ0v) is 9.73. The van der Waals surface area contributed by atoms with Crippen LogP contribution in [0.4, 0.5) is 0 Å². The highest BCUT2D eigenvalue weighted by Crippen LogP contribution is 2.41. The van der Waals surface area contributed by atoms with Gasteiger partial charge in [-0.25, -0.2) is 0 Å². The SMILES string of the molecule is Cc1cc(C)c(-c2cccc(O)c2O)c(O)c1. The second-order valence-corrected chi connectivity index (χ2v) is 4.15. The van der Waals surface area contributed by atoms with E-state index < -0.39 is 0 Å². The predicted octanol–water partition coefficient (Wildman–Crippen LogP) is 3.09. The maximum absolute atomic E-state index is 9.95. The molecule has 2 rings (SSSR count). The molecule has 0 unspecified atom stereocenters. The zero-order valence-electron chi connectivity index (χ0n) is 9.73. The third-order valence-electron chi connectivity index (χ3n) is 2.74. The quantitative estimate of drug-likeness (QED) is 0.660. The number of para-hydroxylation sites is 1. The molecule has 0 aliphatic rings. The van der Waals surface area contributed by atoms with Crippen molar-refractivity contribution in [2.24, 2.45) is 0 Å². The van der Waals surface area contributed by atoms with Gasteiger partial charge >= 0.3 is 0 Å².